The van der Waals surface area contributed by atoms with Crippen LogP contribution in [0.2, 0.25) is 0 Å². The third-order valence-corrected chi connectivity index (χ3v) is 5.46. The lowest BCUT2D eigenvalue weighted by atomic mass is 9.96. The van der Waals surface area contributed by atoms with Crippen molar-refractivity contribution in [3.05, 3.63) is 59.9 Å². The van der Waals surface area contributed by atoms with E-state index in [9.17, 15) is 9.59 Å². The molecule has 4 rings (SSSR count). The zero-order chi connectivity index (χ0) is 19.7. The number of nitrogens with one attached hydrogen (secondary N) is 1. The fraction of sp³-hybridized carbons (Fsp3) is 0.318. The number of benzene rings is 1. The van der Waals surface area contributed by atoms with Crippen LogP contribution in [0.25, 0.3) is 10.9 Å². The summed E-state index contributed by atoms with van der Waals surface area (Å²) in [6, 6.07) is 11.7. The second-order valence-corrected chi connectivity index (χ2v) is 7.42. The number of likely N-dealkylation sites (tertiary alicyclic amines) is 1. The van der Waals surface area contributed by atoms with Crippen molar-refractivity contribution < 1.29 is 9.59 Å². The molecule has 1 N–H and O–H groups in total. The molecule has 1 saturated heterocycles. The summed E-state index contributed by atoms with van der Waals surface area (Å²) in [5.74, 6) is 0.277. The first-order valence-electron chi connectivity index (χ1n) is 9.60. The first-order chi connectivity index (χ1) is 13.5. The van der Waals surface area contributed by atoms with Crippen molar-refractivity contribution in [2.45, 2.75) is 19.8 Å². The van der Waals surface area contributed by atoms with Gasteiger partial charge in [-0.2, -0.15) is 0 Å². The molecule has 2 aromatic heterocycles. The molecule has 6 nitrogen and oxygen atoms in total. The molecule has 3 heterocycles. The fourth-order valence-electron chi connectivity index (χ4n) is 3.89. The zero-order valence-corrected chi connectivity index (χ0v) is 16.2. The largest absolute Gasteiger partial charge is 0.350 e. The molecular weight excluding hydrogens is 352 g/mol. The van der Waals surface area contributed by atoms with Gasteiger partial charge in [0.05, 0.1) is 11.5 Å². The first kappa shape index (κ1) is 18.2. The van der Waals surface area contributed by atoms with Gasteiger partial charge in [-0.3, -0.25) is 9.59 Å². The number of pyridine rings is 1. The number of fused-ring (bicyclic) bond motifs is 1. The van der Waals surface area contributed by atoms with Gasteiger partial charge in [0.1, 0.15) is 5.82 Å². The van der Waals surface area contributed by atoms with Crippen LogP contribution in [0.15, 0.2) is 48.8 Å². The average molecular weight is 376 g/mol. The fourth-order valence-corrected chi connectivity index (χ4v) is 3.89. The van der Waals surface area contributed by atoms with E-state index in [2.05, 4.69) is 10.3 Å². The number of carbonyl (C=O) groups excluding carboxylic acids is 2. The number of hydrogen-bond donors (Lipinski definition) is 1. The summed E-state index contributed by atoms with van der Waals surface area (Å²) >= 11 is 0. The van der Waals surface area contributed by atoms with Crippen molar-refractivity contribution in [3.63, 3.8) is 0 Å². The van der Waals surface area contributed by atoms with Crippen LogP contribution in [0.3, 0.4) is 0 Å². The van der Waals surface area contributed by atoms with Crippen LogP contribution in [0.4, 0.5) is 5.82 Å². The topological polar surface area (TPSA) is 67.2 Å². The van der Waals surface area contributed by atoms with E-state index in [1.165, 1.54) is 0 Å². The summed E-state index contributed by atoms with van der Waals surface area (Å²) in [7, 11) is 1.95. The van der Waals surface area contributed by atoms with Crippen molar-refractivity contribution in [3.8, 4) is 0 Å². The van der Waals surface area contributed by atoms with Gasteiger partial charge in [-0.1, -0.05) is 24.3 Å². The number of aryl methyl sites for hydroxylation is 2. The lowest BCUT2D eigenvalue weighted by molar-refractivity contribution is -0.121. The van der Waals surface area contributed by atoms with Gasteiger partial charge in [-0.25, -0.2) is 4.98 Å². The van der Waals surface area contributed by atoms with Gasteiger partial charge in [0, 0.05) is 43.4 Å². The number of para-hydroxylation sites is 1. The Morgan fingerprint density at radius 2 is 2.00 bits per heavy atom. The van der Waals surface area contributed by atoms with E-state index in [-0.39, 0.29) is 17.7 Å². The zero-order valence-electron chi connectivity index (χ0n) is 16.2. The van der Waals surface area contributed by atoms with E-state index >= 15 is 0 Å². The Morgan fingerprint density at radius 1 is 1.18 bits per heavy atom. The van der Waals surface area contributed by atoms with E-state index in [1.807, 2.05) is 61.1 Å². The normalized spacial score (nSPS) is 16.9. The molecule has 1 aliphatic rings. The monoisotopic (exact) mass is 376 g/mol. The molecule has 0 radical (unpaired) electrons. The van der Waals surface area contributed by atoms with Crippen molar-refractivity contribution in [2.24, 2.45) is 13.0 Å². The number of nitrogens with zero attached hydrogens (tertiary/aromatic N) is 3. The minimum atomic E-state index is -0.228. The van der Waals surface area contributed by atoms with Crippen LogP contribution >= 0.6 is 0 Å². The Hall–Kier alpha value is -3.15. The lowest BCUT2D eigenvalue weighted by Gasteiger charge is -2.32. The third kappa shape index (κ3) is 3.38. The second kappa shape index (κ2) is 7.46. The molecule has 0 unspecified atom stereocenters. The highest BCUT2D eigenvalue weighted by molar-refractivity contribution is 6.07. The molecule has 0 saturated carbocycles. The summed E-state index contributed by atoms with van der Waals surface area (Å²) in [4.78, 5) is 32.0. The number of anilines is 1. The molecule has 1 fully saturated rings. The summed E-state index contributed by atoms with van der Waals surface area (Å²) in [6.07, 6.45) is 5.14. The smallest absolute Gasteiger partial charge is 0.256 e. The minimum absolute atomic E-state index is 0.0108. The predicted molar refractivity (Wildman–Crippen MR) is 109 cm³/mol. The Kier molecular flexibility index (Phi) is 4.86. The van der Waals surface area contributed by atoms with Crippen LogP contribution < -0.4 is 5.32 Å². The van der Waals surface area contributed by atoms with Crippen LogP contribution in [0.1, 0.15) is 28.8 Å². The molecule has 0 bridgehead atoms. The Balaban J connectivity index is 1.51. The summed E-state index contributed by atoms with van der Waals surface area (Å²) in [5.41, 5.74) is 2.65. The maximum Gasteiger partial charge on any atom is 0.256 e. The molecule has 1 atom stereocenters. The van der Waals surface area contributed by atoms with Gasteiger partial charge in [0.15, 0.2) is 0 Å². The van der Waals surface area contributed by atoms with E-state index in [4.69, 9.17) is 0 Å². The number of amides is 2. The first-order valence-corrected chi connectivity index (χ1v) is 9.60. The Morgan fingerprint density at radius 3 is 2.82 bits per heavy atom. The van der Waals surface area contributed by atoms with Crippen LogP contribution in [0, 0.1) is 12.8 Å². The molecule has 0 aliphatic carbocycles. The van der Waals surface area contributed by atoms with Crippen molar-refractivity contribution in [1.82, 2.24) is 14.5 Å². The van der Waals surface area contributed by atoms with E-state index in [0.717, 1.165) is 29.3 Å². The summed E-state index contributed by atoms with van der Waals surface area (Å²) < 4.78 is 1.97. The van der Waals surface area contributed by atoms with Crippen molar-refractivity contribution in [2.75, 3.05) is 18.4 Å². The number of carbonyl (C=O) groups is 2. The van der Waals surface area contributed by atoms with Crippen molar-refractivity contribution >= 4 is 28.5 Å². The van der Waals surface area contributed by atoms with Crippen LogP contribution in [-0.2, 0) is 11.8 Å². The maximum absolute atomic E-state index is 13.2. The highest BCUT2D eigenvalue weighted by Crippen LogP contribution is 2.25. The lowest BCUT2D eigenvalue weighted by Crippen LogP contribution is -2.43. The van der Waals surface area contributed by atoms with Gasteiger partial charge >= 0.3 is 0 Å². The number of aromatic nitrogens is 2. The molecular formula is C22H24N4O2. The number of rotatable bonds is 3. The number of piperidine rings is 1. The highest BCUT2D eigenvalue weighted by Gasteiger charge is 2.30. The third-order valence-electron chi connectivity index (χ3n) is 5.46. The van der Waals surface area contributed by atoms with Gasteiger partial charge < -0.3 is 14.8 Å². The summed E-state index contributed by atoms with van der Waals surface area (Å²) in [5, 5.41) is 3.87. The van der Waals surface area contributed by atoms with E-state index < -0.39 is 0 Å². The van der Waals surface area contributed by atoms with Crippen LogP contribution in [0.5, 0.6) is 0 Å². The Labute approximate surface area is 164 Å². The molecule has 28 heavy (non-hydrogen) atoms. The highest BCUT2D eigenvalue weighted by atomic mass is 16.2. The quantitative estimate of drug-likeness (QED) is 0.762. The molecule has 1 aliphatic heterocycles. The number of hydrogen-bond acceptors (Lipinski definition) is 3. The maximum atomic E-state index is 13.2. The molecule has 0 spiro atoms. The van der Waals surface area contributed by atoms with Gasteiger partial charge in [-0.05, 0) is 37.5 Å². The minimum Gasteiger partial charge on any atom is -0.350 e. The van der Waals surface area contributed by atoms with E-state index in [0.29, 0.717) is 24.5 Å². The van der Waals surface area contributed by atoms with E-state index in [1.54, 1.807) is 11.1 Å². The molecule has 144 valence electrons. The second-order valence-electron chi connectivity index (χ2n) is 7.42. The summed E-state index contributed by atoms with van der Waals surface area (Å²) in [6.45, 7) is 3.02. The average Bonchev–Trinajstić information content (AvgIpc) is 3.06. The van der Waals surface area contributed by atoms with Gasteiger partial charge in [0.2, 0.25) is 5.91 Å². The van der Waals surface area contributed by atoms with Gasteiger partial charge in [-0.15, -0.1) is 0 Å². The molecule has 6 heteroatoms. The Bertz CT molecular complexity index is 1040. The SMILES string of the molecule is Cc1cccnc1NC(=O)[C@H]1CCCN(C(=O)c2cn(C)c3ccccc23)C1. The standard InChI is InChI=1S/C22H24N4O2/c1-15-7-5-11-23-20(15)24-21(27)16-8-6-12-26(13-16)22(28)18-14-25(2)19-10-4-3-9-17(18)19/h3-5,7,9-11,14,16H,6,8,12-13H2,1-2H3,(H,23,24,27)/t16-/m0/s1. The van der Waals surface area contributed by atoms with Crippen LogP contribution in [-0.4, -0.2) is 39.4 Å². The molecule has 2 amide bonds. The van der Waals surface area contributed by atoms with Gasteiger partial charge in [0.25, 0.3) is 5.91 Å². The molecule has 3 aromatic rings. The molecule has 1 aromatic carbocycles. The van der Waals surface area contributed by atoms with Crippen molar-refractivity contribution in [1.29, 1.82) is 0 Å². The predicted octanol–water partition coefficient (Wildman–Crippen LogP) is 3.37.